The molecule has 0 heterocycles. The summed E-state index contributed by atoms with van der Waals surface area (Å²) in [6.07, 6.45) is 7.47. The van der Waals surface area contributed by atoms with Gasteiger partial charge < -0.3 is 15.8 Å². The highest BCUT2D eigenvalue weighted by atomic mass is 16.5. The van der Waals surface area contributed by atoms with Gasteiger partial charge in [0.25, 0.3) is 0 Å². The van der Waals surface area contributed by atoms with Gasteiger partial charge in [0.1, 0.15) is 5.75 Å². The van der Waals surface area contributed by atoms with E-state index in [9.17, 15) is 0 Å². The number of hydrogen-bond acceptors (Lipinski definition) is 3. The first-order valence-corrected chi connectivity index (χ1v) is 7.84. The number of ether oxygens (including phenoxy) is 1. The van der Waals surface area contributed by atoms with Gasteiger partial charge in [0.15, 0.2) is 0 Å². The highest BCUT2D eigenvalue weighted by molar-refractivity contribution is 5.57. The van der Waals surface area contributed by atoms with Gasteiger partial charge in [-0.2, -0.15) is 0 Å². The van der Waals surface area contributed by atoms with Gasteiger partial charge in [-0.05, 0) is 37.3 Å². The Balaban J connectivity index is 2.14. The van der Waals surface area contributed by atoms with Crippen molar-refractivity contribution in [3.63, 3.8) is 0 Å². The number of methoxy groups -OCH3 is 1. The van der Waals surface area contributed by atoms with Crippen LogP contribution in [0.1, 0.15) is 45.4 Å². The molecule has 2 atom stereocenters. The number of para-hydroxylation sites is 2. The predicted molar refractivity (Wildman–Crippen MR) is 85.3 cm³/mol. The van der Waals surface area contributed by atoms with Crippen molar-refractivity contribution in [2.45, 2.75) is 51.0 Å². The zero-order chi connectivity index (χ0) is 14.4. The van der Waals surface area contributed by atoms with Crippen molar-refractivity contribution in [3.8, 4) is 5.75 Å². The molecule has 1 saturated carbocycles. The van der Waals surface area contributed by atoms with Crippen LogP contribution in [0.25, 0.3) is 0 Å². The molecule has 20 heavy (non-hydrogen) atoms. The van der Waals surface area contributed by atoms with Crippen molar-refractivity contribution in [3.05, 3.63) is 24.3 Å². The molecular formula is C17H28N2O. The van der Waals surface area contributed by atoms with Crippen molar-refractivity contribution in [1.29, 1.82) is 0 Å². The van der Waals surface area contributed by atoms with Crippen LogP contribution in [0.4, 0.5) is 5.69 Å². The zero-order valence-electron chi connectivity index (χ0n) is 12.8. The van der Waals surface area contributed by atoms with Gasteiger partial charge in [-0.1, -0.05) is 38.3 Å². The molecule has 0 amide bonds. The van der Waals surface area contributed by atoms with Crippen LogP contribution < -0.4 is 15.8 Å². The molecule has 1 aliphatic rings. The standard InChI is InChI=1S/C17H28N2O/c1-3-14-7-6-11-17(13-18,12-10-14)19-15-8-4-5-9-16(15)20-2/h4-5,8-9,14,19H,3,6-7,10-13,18H2,1-2H3. The van der Waals surface area contributed by atoms with Crippen molar-refractivity contribution in [2.24, 2.45) is 11.7 Å². The topological polar surface area (TPSA) is 47.3 Å². The zero-order valence-corrected chi connectivity index (χ0v) is 12.8. The molecule has 2 unspecified atom stereocenters. The molecule has 0 radical (unpaired) electrons. The molecule has 3 nitrogen and oxygen atoms in total. The Hall–Kier alpha value is -1.22. The summed E-state index contributed by atoms with van der Waals surface area (Å²) in [5, 5.41) is 3.70. The Labute approximate surface area is 122 Å². The molecule has 1 aliphatic carbocycles. The largest absolute Gasteiger partial charge is 0.495 e. The molecule has 3 heteroatoms. The van der Waals surface area contributed by atoms with Crippen LogP contribution in [-0.4, -0.2) is 19.2 Å². The molecule has 2 rings (SSSR count). The van der Waals surface area contributed by atoms with Gasteiger partial charge in [0.2, 0.25) is 0 Å². The predicted octanol–water partition coefficient (Wildman–Crippen LogP) is 3.79. The minimum Gasteiger partial charge on any atom is -0.495 e. The first-order chi connectivity index (χ1) is 9.73. The molecule has 112 valence electrons. The van der Waals surface area contributed by atoms with Gasteiger partial charge in [-0.3, -0.25) is 0 Å². The molecule has 1 aromatic carbocycles. The summed E-state index contributed by atoms with van der Waals surface area (Å²) in [4.78, 5) is 0. The number of nitrogens with two attached hydrogens (primary N) is 1. The average molecular weight is 276 g/mol. The maximum absolute atomic E-state index is 6.13. The van der Waals surface area contributed by atoms with E-state index >= 15 is 0 Å². The fourth-order valence-corrected chi connectivity index (χ4v) is 3.30. The van der Waals surface area contributed by atoms with Gasteiger partial charge in [0, 0.05) is 12.1 Å². The summed E-state index contributed by atoms with van der Waals surface area (Å²) in [6.45, 7) is 2.98. The molecule has 0 bridgehead atoms. The fourth-order valence-electron chi connectivity index (χ4n) is 3.30. The Morgan fingerprint density at radius 3 is 2.80 bits per heavy atom. The monoisotopic (exact) mass is 276 g/mol. The third-order valence-corrected chi connectivity index (χ3v) is 4.77. The highest BCUT2D eigenvalue weighted by Gasteiger charge is 2.32. The van der Waals surface area contributed by atoms with E-state index in [1.165, 1.54) is 25.7 Å². The molecule has 0 saturated heterocycles. The van der Waals surface area contributed by atoms with Gasteiger partial charge in [-0.15, -0.1) is 0 Å². The normalized spacial score (nSPS) is 26.9. The van der Waals surface area contributed by atoms with E-state index in [1.807, 2.05) is 18.2 Å². The van der Waals surface area contributed by atoms with Crippen LogP contribution in [0.2, 0.25) is 0 Å². The lowest BCUT2D eigenvalue weighted by atomic mass is 9.89. The van der Waals surface area contributed by atoms with Crippen LogP contribution in [-0.2, 0) is 0 Å². The third kappa shape index (κ3) is 3.45. The van der Waals surface area contributed by atoms with E-state index in [-0.39, 0.29) is 5.54 Å². The Morgan fingerprint density at radius 2 is 2.10 bits per heavy atom. The smallest absolute Gasteiger partial charge is 0.141 e. The Morgan fingerprint density at radius 1 is 1.30 bits per heavy atom. The molecular weight excluding hydrogens is 248 g/mol. The van der Waals surface area contributed by atoms with Crippen molar-refractivity contribution in [1.82, 2.24) is 0 Å². The second-order valence-corrected chi connectivity index (χ2v) is 6.01. The summed E-state index contributed by atoms with van der Waals surface area (Å²) in [6, 6.07) is 8.12. The number of hydrogen-bond donors (Lipinski definition) is 2. The second kappa shape index (κ2) is 6.98. The second-order valence-electron chi connectivity index (χ2n) is 6.01. The van der Waals surface area contributed by atoms with Crippen molar-refractivity contribution in [2.75, 3.05) is 19.0 Å². The maximum atomic E-state index is 6.13. The number of benzene rings is 1. The summed E-state index contributed by atoms with van der Waals surface area (Å²) in [7, 11) is 1.72. The minimum atomic E-state index is 0.0263. The highest BCUT2D eigenvalue weighted by Crippen LogP contribution is 2.36. The van der Waals surface area contributed by atoms with E-state index in [1.54, 1.807) is 7.11 Å². The molecule has 0 aliphatic heterocycles. The quantitative estimate of drug-likeness (QED) is 0.804. The Bertz CT molecular complexity index is 421. The molecule has 0 aromatic heterocycles. The molecule has 1 fully saturated rings. The van der Waals surface area contributed by atoms with Gasteiger partial charge in [-0.25, -0.2) is 0 Å². The van der Waals surface area contributed by atoms with Crippen molar-refractivity contribution < 1.29 is 4.74 Å². The third-order valence-electron chi connectivity index (χ3n) is 4.77. The molecule has 3 N–H and O–H groups in total. The van der Waals surface area contributed by atoms with E-state index in [0.29, 0.717) is 6.54 Å². The lowest BCUT2D eigenvalue weighted by Gasteiger charge is -2.34. The van der Waals surface area contributed by atoms with E-state index in [2.05, 4.69) is 18.3 Å². The van der Waals surface area contributed by atoms with E-state index in [4.69, 9.17) is 10.5 Å². The first kappa shape index (κ1) is 15.2. The lowest BCUT2D eigenvalue weighted by molar-refractivity contribution is 0.389. The minimum absolute atomic E-state index is 0.0263. The molecule has 0 spiro atoms. The summed E-state index contributed by atoms with van der Waals surface area (Å²) in [5.74, 6) is 1.76. The van der Waals surface area contributed by atoms with Crippen LogP contribution in [0, 0.1) is 5.92 Å². The van der Waals surface area contributed by atoms with Crippen LogP contribution in [0.3, 0.4) is 0 Å². The van der Waals surface area contributed by atoms with Crippen molar-refractivity contribution >= 4 is 5.69 Å². The van der Waals surface area contributed by atoms with Gasteiger partial charge >= 0.3 is 0 Å². The summed E-state index contributed by atoms with van der Waals surface area (Å²) in [5.41, 5.74) is 7.22. The SMILES string of the molecule is CCC1CCCC(CN)(Nc2ccccc2OC)CC1. The Kier molecular flexibility index (Phi) is 5.30. The van der Waals surface area contributed by atoms with E-state index in [0.717, 1.165) is 30.2 Å². The van der Waals surface area contributed by atoms with Gasteiger partial charge in [0.05, 0.1) is 12.8 Å². The number of nitrogens with one attached hydrogen (secondary N) is 1. The fraction of sp³-hybridized carbons (Fsp3) is 0.647. The number of anilines is 1. The number of rotatable bonds is 5. The average Bonchev–Trinajstić information content (AvgIpc) is 2.70. The van der Waals surface area contributed by atoms with Crippen LogP contribution in [0.5, 0.6) is 5.75 Å². The van der Waals surface area contributed by atoms with Crippen LogP contribution in [0.15, 0.2) is 24.3 Å². The summed E-state index contributed by atoms with van der Waals surface area (Å²) >= 11 is 0. The maximum Gasteiger partial charge on any atom is 0.141 e. The summed E-state index contributed by atoms with van der Waals surface area (Å²) < 4.78 is 5.45. The van der Waals surface area contributed by atoms with E-state index < -0.39 is 0 Å². The van der Waals surface area contributed by atoms with Crippen LogP contribution >= 0.6 is 0 Å². The first-order valence-electron chi connectivity index (χ1n) is 7.84. The lowest BCUT2D eigenvalue weighted by Crippen LogP contribution is -2.45. The molecule has 1 aromatic rings.